The third-order valence-electron chi connectivity index (χ3n) is 3.42. The molecule has 1 aromatic heterocycles. The average Bonchev–Trinajstić information content (AvgIpc) is 2.87. The Morgan fingerprint density at radius 3 is 2.89 bits per heavy atom. The van der Waals surface area contributed by atoms with Gasteiger partial charge in [0.2, 0.25) is 5.95 Å². The Hall–Kier alpha value is -2.07. The molecule has 0 amide bonds. The second kappa shape index (κ2) is 3.96. The Kier molecular flexibility index (Phi) is 2.50. The summed E-state index contributed by atoms with van der Waals surface area (Å²) in [5.41, 5.74) is 7.80. The highest BCUT2D eigenvalue weighted by Gasteiger charge is 2.31. The van der Waals surface area contributed by atoms with E-state index in [1.54, 1.807) is 22.8 Å². The van der Waals surface area contributed by atoms with Crippen LogP contribution >= 0.6 is 0 Å². The van der Waals surface area contributed by atoms with E-state index in [4.69, 9.17) is 11.0 Å². The van der Waals surface area contributed by atoms with Gasteiger partial charge in [-0.05, 0) is 24.6 Å². The van der Waals surface area contributed by atoms with E-state index >= 15 is 0 Å². The Morgan fingerprint density at radius 2 is 2.26 bits per heavy atom. The van der Waals surface area contributed by atoms with Gasteiger partial charge in [-0.1, -0.05) is 0 Å². The zero-order valence-electron chi connectivity index (χ0n) is 10.1. The first-order valence-corrected chi connectivity index (χ1v) is 7.70. The lowest BCUT2D eigenvalue weighted by atomic mass is 10.2. The van der Waals surface area contributed by atoms with E-state index in [0.717, 1.165) is 5.52 Å². The fourth-order valence-corrected chi connectivity index (χ4v) is 4.24. The molecule has 0 radical (unpaired) electrons. The summed E-state index contributed by atoms with van der Waals surface area (Å²) >= 11 is 0. The van der Waals surface area contributed by atoms with E-state index in [9.17, 15) is 8.42 Å². The summed E-state index contributed by atoms with van der Waals surface area (Å²) in [6, 6.07) is 6.97. The third-order valence-corrected chi connectivity index (χ3v) is 5.17. The van der Waals surface area contributed by atoms with E-state index in [-0.39, 0.29) is 17.5 Å². The lowest BCUT2D eigenvalue weighted by Gasteiger charge is -2.12. The van der Waals surface area contributed by atoms with E-state index < -0.39 is 9.84 Å². The van der Waals surface area contributed by atoms with E-state index in [0.29, 0.717) is 23.4 Å². The summed E-state index contributed by atoms with van der Waals surface area (Å²) in [5, 5.41) is 8.94. The van der Waals surface area contributed by atoms with Gasteiger partial charge in [0.25, 0.3) is 0 Å². The van der Waals surface area contributed by atoms with Crippen LogP contribution in [-0.2, 0) is 9.84 Å². The van der Waals surface area contributed by atoms with Gasteiger partial charge in [-0.25, -0.2) is 13.4 Å². The van der Waals surface area contributed by atoms with Crippen molar-refractivity contribution >= 4 is 26.8 Å². The van der Waals surface area contributed by atoms with Crippen molar-refractivity contribution in [2.75, 3.05) is 17.2 Å². The van der Waals surface area contributed by atoms with Crippen LogP contribution < -0.4 is 5.73 Å². The number of rotatable bonds is 1. The molecule has 1 unspecified atom stereocenters. The molecule has 1 aliphatic rings. The Labute approximate surface area is 110 Å². The summed E-state index contributed by atoms with van der Waals surface area (Å²) in [6.07, 6.45) is 0.536. The van der Waals surface area contributed by atoms with Crippen molar-refractivity contribution in [3.8, 4) is 6.07 Å². The van der Waals surface area contributed by atoms with Crippen LogP contribution in [0.2, 0.25) is 0 Å². The molecule has 7 heteroatoms. The first-order valence-electron chi connectivity index (χ1n) is 5.88. The molecule has 2 heterocycles. The highest BCUT2D eigenvalue weighted by molar-refractivity contribution is 7.91. The summed E-state index contributed by atoms with van der Waals surface area (Å²) in [6.45, 7) is 0. The number of nitriles is 1. The van der Waals surface area contributed by atoms with Gasteiger partial charge < -0.3 is 10.3 Å². The first kappa shape index (κ1) is 12.0. The minimum Gasteiger partial charge on any atom is -0.369 e. The monoisotopic (exact) mass is 276 g/mol. The van der Waals surface area contributed by atoms with Crippen LogP contribution in [0.5, 0.6) is 0 Å². The third kappa shape index (κ3) is 1.94. The standard InChI is InChI=1S/C12H12N4O2S/c13-6-8-1-2-10-11(5-8)16(12(14)15-10)9-3-4-19(17,18)7-9/h1-2,5,9H,3-4,7H2,(H2,14,15). The number of anilines is 1. The van der Waals surface area contributed by atoms with Crippen LogP contribution in [0.4, 0.5) is 5.95 Å². The molecule has 1 fully saturated rings. The predicted octanol–water partition coefficient (Wildman–Crippen LogP) is 0.850. The smallest absolute Gasteiger partial charge is 0.201 e. The van der Waals surface area contributed by atoms with Gasteiger partial charge in [0, 0.05) is 0 Å². The van der Waals surface area contributed by atoms with Crippen LogP contribution in [0.3, 0.4) is 0 Å². The second-order valence-electron chi connectivity index (χ2n) is 4.71. The molecule has 1 saturated heterocycles. The SMILES string of the molecule is N#Cc1ccc2nc(N)n(C3CCS(=O)(=O)C3)c2c1. The number of sulfone groups is 1. The lowest BCUT2D eigenvalue weighted by molar-refractivity contribution is 0.575. The van der Waals surface area contributed by atoms with Crippen LogP contribution in [0, 0.1) is 11.3 Å². The van der Waals surface area contributed by atoms with Crippen molar-refractivity contribution < 1.29 is 8.42 Å². The summed E-state index contributed by atoms with van der Waals surface area (Å²) < 4.78 is 24.9. The van der Waals surface area contributed by atoms with Crippen molar-refractivity contribution in [1.82, 2.24) is 9.55 Å². The Balaban J connectivity index is 2.18. The number of nitrogens with zero attached hydrogens (tertiary/aromatic N) is 3. The van der Waals surface area contributed by atoms with Crippen molar-refractivity contribution in [3.63, 3.8) is 0 Å². The molecule has 6 nitrogen and oxygen atoms in total. The molecule has 2 aromatic rings. The normalized spacial score (nSPS) is 21.5. The van der Waals surface area contributed by atoms with Gasteiger partial charge in [0.05, 0.1) is 40.2 Å². The van der Waals surface area contributed by atoms with Gasteiger partial charge in [-0.3, -0.25) is 0 Å². The number of nitrogens with two attached hydrogens (primary N) is 1. The summed E-state index contributed by atoms with van der Waals surface area (Å²) in [5.74, 6) is 0.556. The van der Waals surface area contributed by atoms with Crippen molar-refractivity contribution in [2.45, 2.75) is 12.5 Å². The predicted molar refractivity (Wildman–Crippen MR) is 71.2 cm³/mol. The molecule has 3 rings (SSSR count). The number of nitrogen functional groups attached to an aromatic ring is 1. The minimum absolute atomic E-state index is 0.0828. The van der Waals surface area contributed by atoms with Crippen molar-refractivity contribution in [2.24, 2.45) is 0 Å². The molecule has 1 aromatic carbocycles. The second-order valence-corrected chi connectivity index (χ2v) is 6.94. The number of aromatic nitrogens is 2. The number of benzene rings is 1. The maximum absolute atomic E-state index is 11.6. The van der Waals surface area contributed by atoms with E-state index in [1.165, 1.54) is 0 Å². The fraction of sp³-hybridized carbons (Fsp3) is 0.333. The zero-order chi connectivity index (χ0) is 13.6. The van der Waals surface area contributed by atoms with Crippen LogP contribution in [0.25, 0.3) is 11.0 Å². The van der Waals surface area contributed by atoms with E-state index in [1.807, 2.05) is 0 Å². The maximum Gasteiger partial charge on any atom is 0.201 e. The minimum atomic E-state index is -2.99. The average molecular weight is 276 g/mol. The van der Waals surface area contributed by atoms with Gasteiger partial charge in [0.15, 0.2) is 9.84 Å². The lowest BCUT2D eigenvalue weighted by Crippen LogP contribution is -2.13. The Morgan fingerprint density at radius 1 is 1.47 bits per heavy atom. The molecule has 0 spiro atoms. The highest BCUT2D eigenvalue weighted by Crippen LogP contribution is 2.30. The number of imidazole rings is 1. The molecule has 1 atom stereocenters. The molecule has 98 valence electrons. The molecular formula is C12H12N4O2S. The molecule has 0 saturated carbocycles. The number of hydrogen-bond donors (Lipinski definition) is 1. The number of hydrogen-bond acceptors (Lipinski definition) is 5. The highest BCUT2D eigenvalue weighted by atomic mass is 32.2. The Bertz CT molecular complexity index is 801. The molecular weight excluding hydrogens is 264 g/mol. The summed E-state index contributed by atoms with van der Waals surface area (Å²) in [4.78, 5) is 4.22. The topological polar surface area (TPSA) is 102 Å². The number of fused-ring (bicyclic) bond motifs is 1. The van der Waals surface area contributed by atoms with Gasteiger partial charge in [-0.15, -0.1) is 0 Å². The van der Waals surface area contributed by atoms with Gasteiger partial charge in [-0.2, -0.15) is 5.26 Å². The van der Waals surface area contributed by atoms with Gasteiger partial charge in [0.1, 0.15) is 0 Å². The van der Waals surface area contributed by atoms with Gasteiger partial charge >= 0.3 is 0 Å². The molecule has 19 heavy (non-hydrogen) atoms. The fourth-order valence-electron chi connectivity index (χ4n) is 2.54. The quantitative estimate of drug-likeness (QED) is 0.832. The largest absolute Gasteiger partial charge is 0.369 e. The zero-order valence-corrected chi connectivity index (χ0v) is 10.9. The van der Waals surface area contributed by atoms with Crippen molar-refractivity contribution in [3.05, 3.63) is 23.8 Å². The van der Waals surface area contributed by atoms with Crippen LogP contribution in [0.15, 0.2) is 18.2 Å². The molecule has 0 aliphatic carbocycles. The van der Waals surface area contributed by atoms with Crippen molar-refractivity contribution in [1.29, 1.82) is 5.26 Å². The summed E-state index contributed by atoms with van der Waals surface area (Å²) in [7, 11) is -2.99. The molecule has 1 aliphatic heterocycles. The molecule has 2 N–H and O–H groups in total. The molecule has 0 bridgehead atoms. The van der Waals surface area contributed by atoms with Crippen LogP contribution in [-0.4, -0.2) is 29.5 Å². The van der Waals surface area contributed by atoms with E-state index in [2.05, 4.69) is 11.1 Å². The van der Waals surface area contributed by atoms with Crippen LogP contribution in [0.1, 0.15) is 18.0 Å². The first-order chi connectivity index (χ1) is 9.00. The maximum atomic E-state index is 11.6.